The van der Waals surface area contributed by atoms with Crippen molar-refractivity contribution < 1.29 is 19.0 Å². The fourth-order valence-corrected chi connectivity index (χ4v) is 4.02. The van der Waals surface area contributed by atoms with Crippen molar-refractivity contribution in [2.24, 2.45) is 0 Å². The van der Waals surface area contributed by atoms with Gasteiger partial charge in [0.05, 0.1) is 18.3 Å². The Bertz CT molecular complexity index is 990. The lowest BCUT2D eigenvalue weighted by Gasteiger charge is -2.23. The molecule has 3 aromatic carbocycles. The zero-order valence-corrected chi connectivity index (χ0v) is 19.2. The van der Waals surface area contributed by atoms with Crippen molar-refractivity contribution in [3.8, 4) is 16.9 Å². The molecule has 1 saturated heterocycles. The molecule has 2 atom stereocenters. The van der Waals surface area contributed by atoms with Gasteiger partial charge in [-0.25, -0.2) is 4.79 Å². The second kappa shape index (κ2) is 11.7. The third-order valence-corrected chi connectivity index (χ3v) is 5.94. The molecule has 1 fully saturated rings. The Morgan fingerprint density at radius 3 is 2.30 bits per heavy atom. The molecule has 1 heterocycles. The first-order chi connectivity index (χ1) is 16.2. The van der Waals surface area contributed by atoms with Gasteiger partial charge in [0.25, 0.3) is 0 Å². The Morgan fingerprint density at radius 1 is 0.939 bits per heavy atom. The maximum atomic E-state index is 12.1. The number of carbonyl (C=O) groups is 1. The summed E-state index contributed by atoms with van der Waals surface area (Å²) in [4.78, 5) is 12.1. The minimum atomic E-state index is -0.255. The van der Waals surface area contributed by atoms with E-state index in [1.165, 1.54) is 16.7 Å². The minimum absolute atomic E-state index is 0.100. The molecule has 0 saturated carbocycles. The maximum absolute atomic E-state index is 12.1. The monoisotopic (exact) mass is 444 g/mol. The summed E-state index contributed by atoms with van der Waals surface area (Å²) in [5, 5.41) is 0. The van der Waals surface area contributed by atoms with E-state index in [-0.39, 0.29) is 18.4 Å². The highest BCUT2D eigenvalue weighted by Crippen LogP contribution is 2.25. The van der Waals surface area contributed by atoms with E-state index >= 15 is 0 Å². The number of rotatable bonds is 9. The summed E-state index contributed by atoms with van der Waals surface area (Å²) < 4.78 is 17.1. The number of ether oxygens (including phenoxy) is 3. The molecule has 1 aliphatic rings. The van der Waals surface area contributed by atoms with Gasteiger partial charge < -0.3 is 14.2 Å². The van der Waals surface area contributed by atoms with Crippen molar-refractivity contribution in [2.45, 2.75) is 57.8 Å². The maximum Gasteiger partial charge on any atom is 0.338 e. The molecule has 0 aliphatic carbocycles. The van der Waals surface area contributed by atoms with E-state index in [9.17, 15) is 4.79 Å². The number of hydrogen-bond acceptors (Lipinski definition) is 4. The van der Waals surface area contributed by atoms with Gasteiger partial charge in [-0.2, -0.15) is 0 Å². The van der Waals surface area contributed by atoms with Crippen LogP contribution in [-0.2, 0) is 15.9 Å². The third-order valence-electron chi connectivity index (χ3n) is 5.94. The van der Waals surface area contributed by atoms with Gasteiger partial charge in [0.1, 0.15) is 5.75 Å². The van der Waals surface area contributed by atoms with Gasteiger partial charge in [0, 0.05) is 6.42 Å². The van der Waals surface area contributed by atoms with E-state index in [1.54, 1.807) is 12.1 Å². The van der Waals surface area contributed by atoms with Gasteiger partial charge >= 0.3 is 5.97 Å². The molecule has 0 aromatic heterocycles. The number of carbonyl (C=O) groups excluding carboxylic acids is 1. The average Bonchev–Trinajstić information content (AvgIpc) is 2.86. The van der Waals surface area contributed by atoms with E-state index < -0.39 is 0 Å². The van der Waals surface area contributed by atoms with Crippen LogP contribution < -0.4 is 4.74 Å². The number of aryl methyl sites for hydroxylation is 1. The Hall–Kier alpha value is -3.11. The smallest absolute Gasteiger partial charge is 0.338 e. The Balaban J connectivity index is 1.22. The van der Waals surface area contributed by atoms with E-state index in [0.29, 0.717) is 5.56 Å². The van der Waals surface area contributed by atoms with Crippen LogP contribution in [0.5, 0.6) is 5.75 Å². The molecule has 0 N–H and O–H groups in total. The minimum Gasteiger partial charge on any atom is -0.465 e. The van der Waals surface area contributed by atoms with Crippen LogP contribution in [-0.4, -0.2) is 25.0 Å². The lowest BCUT2D eigenvalue weighted by molar-refractivity contribution is -0.105. The Morgan fingerprint density at radius 2 is 1.64 bits per heavy atom. The summed E-state index contributed by atoms with van der Waals surface area (Å²) in [6.45, 7) is 2.74. The van der Waals surface area contributed by atoms with Crippen molar-refractivity contribution in [3.05, 3.63) is 90.0 Å². The van der Waals surface area contributed by atoms with Crippen LogP contribution in [0.3, 0.4) is 0 Å². The highest BCUT2D eigenvalue weighted by Gasteiger charge is 2.15. The van der Waals surface area contributed by atoms with E-state index in [4.69, 9.17) is 14.2 Å². The predicted octanol–water partition coefficient (Wildman–Crippen LogP) is 6.83. The predicted molar refractivity (Wildman–Crippen MR) is 130 cm³/mol. The topological polar surface area (TPSA) is 44.8 Å². The number of hydrogen-bond donors (Lipinski definition) is 0. The quantitative estimate of drug-likeness (QED) is 0.339. The normalized spacial score (nSPS) is 16.7. The molecular formula is C29H32O4. The third kappa shape index (κ3) is 6.93. The van der Waals surface area contributed by atoms with Crippen LogP contribution in [0.1, 0.15) is 54.9 Å². The van der Waals surface area contributed by atoms with Crippen LogP contribution in [0, 0.1) is 0 Å². The lowest BCUT2D eigenvalue weighted by atomic mass is 10.0. The molecule has 3 aromatic rings. The summed E-state index contributed by atoms with van der Waals surface area (Å²) in [6.07, 6.45) is 5.79. The first-order valence-corrected chi connectivity index (χ1v) is 11.9. The highest BCUT2D eigenvalue weighted by atomic mass is 16.7. The molecule has 4 rings (SSSR count). The van der Waals surface area contributed by atoms with Gasteiger partial charge in [-0.1, -0.05) is 54.6 Å². The van der Waals surface area contributed by atoms with Crippen molar-refractivity contribution in [2.75, 3.05) is 6.61 Å². The fraction of sp³-hybridized carbons (Fsp3) is 0.345. The number of esters is 1. The average molecular weight is 445 g/mol. The van der Waals surface area contributed by atoms with E-state index in [1.807, 2.05) is 37.3 Å². The van der Waals surface area contributed by atoms with Crippen LogP contribution in [0.25, 0.3) is 11.1 Å². The first-order valence-electron chi connectivity index (χ1n) is 11.9. The SMILES string of the molecule is CC(CCCc1ccc(-c2ccc(OC3CCCCO3)cc2)cc1)OC(=O)c1ccccc1. The number of benzene rings is 3. The lowest BCUT2D eigenvalue weighted by Crippen LogP contribution is -2.24. The Labute approximate surface area is 196 Å². The first kappa shape index (κ1) is 23.1. The highest BCUT2D eigenvalue weighted by molar-refractivity contribution is 5.89. The van der Waals surface area contributed by atoms with Crippen LogP contribution in [0.4, 0.5) is 0 Å². The molecule has 0 radical (unpaired) electrons. The molecule has 0 bridgehead atoms. The largest absolute Gasteiger partial charge is 0.465 e. The summed E-state index contributed by atoms with van der Waals surface area (Å²) in [7, 11) is 0. The van der Waals surface area contributed by atoms with Crippen molar-refractivity contribution >= 4 is 5.97 Å². The standard InChI is InChI=1S/C29H32O4/c1-22(32-29(30)26-10-3-2-4-11-26)8-7-9-23-13-15-24(16-14-23)25-17-19-27(20-18-25)33-28-12-5-6-21-31-28/h2-4,10-11,13-20,22,28H,5-9,12,21H2,1H3. The van der Waals surface area contributed by atoms with Crippen LogP contribution in [0.15, 0.2) is 78.9 Å². The summed E-state index contributed by atoms with van der Waals surface area (Å²) >= 11 is 0. The van der Waals surface area contributed by atoms with Gasteiger partial charge in [0.2, 0.25) is 0 Å². The fourth-order valence-electron chi connectivity index (χ4n) is 4.02. The summed E-state index contributed by atoms with van der Waals surface area (Å²) in [5.41, 5.74) is 4.24. The molecule has 172 valence electrons. The molecule has 1 aliphatic heterocycles. The van der Waals surface area contributed by atoms with Crippen molar-refractivity contribution in [3.63, 3.8) is 0 Å². The van der Waals surface area contributed by atoms with E-state index in [2.05, 4.69) is 36.4 Å². The zero-order chi connectivity index (χ0) is 22.9. The molecule has 4 heteroatoms. The molecule has 2 unspecified atom stereocenters. The van der Waals surface area contributed by atoms with Crippen molar-refractivity contribution in [1.29, 1.82) is 0 Å². The summed E-state index contributed by atoms with van der Waals surface area (Å²) in [5.74, 6) is 0.597. The van der Waals surface area contributed by atoms with Gasteiger partial charge in [-0.3, -0.25) is 0 Å². The van der Waals surface area contributed by atoms with E-state index in [0.717, 1.165) is 50.9 Å². The van der Waals surface area contributed by atoms with Crippen LogP contribution >= 0.6 is 0 Å². The van der Waals surface area contributed by atoms with Gasteiger partial charge in [-0.15, -0.1) is 0 Å². The molecule has 4 nitrogen and oxygen atoms in total. The molecule has 33 heavy (non-hydrogen) atoms. The van der Waals surface area contributed by atoms with Crippen LogP contribution in [0.2, 0.25) is 0 Å². The van der Waals surface area contributed by atoms with Gasteiger partial charge in [-0.05, 0) is 80.0 Å². The zero-order valence-electron chi connectivity index (χ0n) is 19.2. The summed E-state index contributed by atoms with van der Waals surface area (Å²) in [6, 6.07) is 26.0. The Kier molecular flexibility index (Phi) is 8.15. The second-order valence-corrected chi connectivity index (χ2v) is 8.61. The molecule has 0 spiro atoms. The van der Waals surface area contributed by atoms with Gasteiger partial charge in [0.15, 0.2) is 6.29 Å². The second-order valence-electron chi connectivity index (χ2n) is 8.61. The molecular weight excluding hydrogens is 412 g/mol. The van der Waals surface area contributed by atoms with Crippen molar-refractivity contribution in [1.82, 2.24) is 0 Å². The molecule has 0 amide bonds.